The van der Waals surface area contributed by atoms with Crippen LogP contribution >= 0.6 is 7.29 Å². The van der Waals surface area contributed by atoms with Gasteiger partial charge < -0.3 is 9.30 Å². The second kappa shape index (κ2) is 13.5. The first-order valence-electron chi connectivity index (χ1n) is 11.3. The Bertz CT molecular complexity index is 1280. The Morgan fingerprint density at radius 2 is 1.44 bits per heavy atom. The quantitative estimate of drug-likeness (QED) is 0.133. The smallest absolute Gasteiger partial charge is 0.413 e. The first kappa shape index (κ1) is 26.2. The minimum Gasteiger partial charge on any atom is -0.444 e. The molecule has 0 saturated carbocycles. The summed E-state index contributed by atoms with van der Waals surface area (Å²) in [5.41, 5.74) is 10.7. The number of carbonyl (C=O) groups excluding carboxylic acids is 1. The van der Waals surface area contributed by atoms with Gasteiger partial charge in [0.15, 0.2) is 0 Å². The lowest BCUT2D eigenvalue weighted by atomic mass is 10.2. The molecule has 0 atom stereocenters. The molecule has 0 unspecified atom stereocenters. The standard InChI is InChI=1S/C15H16N2O2.C12H10N3OP/c1-2-12-8-9-14(16-10-12)17-15(18)19-11-13-6-4-3-5-7-13;13-14-15-17(16,11-7-3-1-4-8-11)12-9-5-2-6-10-12/h3-10H,2,11H2,1H3,(H,16,17,18);1-10H. The van der Waals surface area contributed by atoms with Crippen molar-refractivity contribution < 1.29 is 14.1 Å². The van der Waals surface area contributed by atoms with Crippen LogP contribution < -0.4 is 15.9 Å². The van der Waals surface area contributed by atoms with Gasteiger partial charge in [-0.2, -0.15) is 0 Å². The van der Waals surface area contributed by atoms with Gasteiger partial charge in [-0.25, -0.2) is 9.78 Å². The number of hydrogen-bond donors (Lipinski definition) is 1. The van der Waals surface area contributed by atoms with E-state index >= 15 is 0 Å². The van der Waals surface area contributed by atoms with Crippen LogP contribution in [0.3, 0.4) is 0 Å². The average molecular weight is 500 g/mol. The molecule has 1 aromatic heterocycles. The normalized spacial score (nSPS) is 10.2. The van der Waals surface area contributed by atoms with Gasteiger partial charge in [0.05, 0.1) is 0 Å². The molecule has 1 amide bonds. The van der Waals surface area contributed by atoms with Gasteiger partial charge in [0.1, 0.15) is 12.4 Å². The van der Waals surface area contributed by atoms with E-state index in [-0.39, 0.29) is 6.61 Å². The minimum atomic E-state index is -3.22. The number of amides is 1. The monoisotopic (exact) mass is 499 g/mol. The molecule has 1 N–H and O–H groups in total. The highest BCUT2D eigenvalue weighted by atomic mass is 31.2. The van der Waals surface area contributed by atoms with E-state index in [1.807, 2.05) is 48.5 Å². The number of nitrogens with zero attached hydrogens (tertiary/aromatic N) is 4. The van der Waals surface area contributed by atoms with Crippen LogP contribution in [0.4, 0.5) is 10.6 Å². The Morgan fingerprint density at radius 1 is 0.889 bits per heavy atom. The summed E-state index contributed by atoms with van der Waals surface area (Å²) in [7, 11) is -3.22. The van der Waals surface area contributed by atoms with Crippen LogP contribution in [0.5, 0.6) is 0 Å². The van der Waals surface area contributed by atoms with Crippen LogP contribution in [0.1, 0.15) is 18.1 Å². The second-order valence-electron chi connectivity index (χ2n) is 7.52. The maximum absolute atomic E-state index is 12.8. The molecular weight excluding hydrogens is 473 g/mol. The highest BCUT2D eigenvalue weighted by Crippen LogP contribution is 2.44. The molecule has 0 aliphatic rings. The number of aromatic nitrogens is 1. The molecule has 0 radical (unpaired) electrons. The number of carbonyl (C=O) groups is 1. The van der Waals surface area contributed by atoms with Crippen LogP contribution in [0, 0.1) is 0 Å². The van der Waals surface area contributed by atoms with Crippen molar-refractivity contribution in [3.63, 3.8) is 0 Å². The van der Waals surface area contributed by atoms with E-state index in [4.69, 9.17) is 10.3 Å². The third kappa shape index (κ3) is 7.57. The Labute approximate surface area is 210 Å². The number of hydrogen-bond acceptors (Lipinski definition) is 4. The van der Waals surface area contributed by atoms with Gasteiger partial charge in [-0.05, 0) is 34.0 Å². The van der Waals surface area contributed by atoms with Crippen molar-refractivity contribution in [1.29, 1.82) is 0 Å². The average Bonchev–Trinajstić information content (AvgIpc) is 2.94. The zero-order valence-electron chi connectivity index (χ0n) is 19.8. The van der Waals surface area contributed by atoms with Crippen molar-refractivity contribution in [2.75, 3.05) is 5.32 Å². The molecular formula is C27H26N5O3P. The zero-order chi connectivity index (χ0) is 25.6. The summed E-state index contributed by atoms with van der Waals surface area (Å²) in [6, 6.07) is 30.8. The number of benzene rings is 3. The van der Waals surface area contributed by atoms with E-state index in [9.17, 15) is 9.36 Å². The topological polar surface area (TPSA) is 117 Å². The lowest BCUT2D eigenvalue weighted by molar-refractivity contribution is 0.155. The molecule has 36 heavy (non-hydrogen) atoms. The molecule has 8 nitrogen and oxygen atoms in total. The second-order valence-corrected chi connectivity index (χ2v) is 9.88. The number of aryl methyl sites for hydroxylation is 1. The number of nitrogens with one attached hydrogen (secondary N) is 1. The Morgan fingerprint density at radius 3 is 1.92 bits per heavy atom. The fraction of sp³-hybridized carbons (Fsp3) is 0.111. The van der Waals surface area contributed by atoms with Gasteiger partial charge in [0, 0.05) is 21.7 Å². The van der Waals surface area contributed by atoms with E-state index in [2.05, 4.69) is 27.0 Å². The van der Waals surface area contributed by atoms with Crippen molar-refractivity contribution >= 4 is 29.8 Å². The first-order chi connectivity index (χ1) is 17.5. The summed E-state index contributed by atoms with van der Waals surface area (Å²) in [5, 5.41) is 3.68. The van der Waals surface area contributed by atoms with E-state index < -0.39 is 13.4 Å². The number of rotatable bonds is 7. The molecule has 0 bridgehead atoms. The Balaban J connectivity index is 0.000000202. The summed E-state index contributed by atoms with van der Waals surface area (Å²) in [6.07, 6.45) is 2.17. The molecule has 4 aromatic rings. The number of azide groups is 1. The SMILES string of the molecule is CCc1ccc(NC(=O)OCc2ccccc2)nc1.[N-]=[N+]=NP(=O)(c1ccccc1)c1ccccc1. The summed E-state index contributed by atoms with van der Waals surface area (Å²) in [5.74, 6) is 0.496. The summed E-state index contributed by atoms with van der Waals surface area (Å²) in [4.78, 5) is 22.0. The van der Waals surface area contributed by atoms with Crippen LogP contribution in [-0.2, 0) is 22.3 Å². The fourth-order valence-corrected chi connectivity index (χ4v) is 4.91. The molecule has 0 aliphatic heterocycles. The molecule has 182 valence electrons. The fourth-order valence-electron chi connectivity index (χ4n) is 3.14. The maximum atomic E-state index is 12.8. The Kier molecular flexibility index (Phi) is 9.83. The molecule has 3 aromatic carbocycles. The van der Waals surface area contributed by atoms with Crippen molar-refractivity contribution in [3.8, 4) is 0 Å². The molecule has 1 heterocycles. The highest BCUT2D eigenvalue weighted by Gasteiger charge is 2.25. The third-order valence-electron chi connectivity index (χ3n) is 5.05. The summed E-state index contributed by atoms with van der Waals surface area (Å²) in [6.45, 7) is 2.30. The van der Waals surface area contributed by atoms with Crippen molar-refractivity contribution in [2.45, 2.75) is 20.0 Å². The molecule has 4 rings (SSSR count). The van der Waals surface area contributed by atoms with Crippen LogP contribution in [0.15, 0.2) is 114 Å². The number of ether oxygens (including phenoxy) is 1. The maximum Gasteiger partial charge on any atom is 0.413 e. The highest BCUT2D eigenvalue weighted by molar-refractivity contribution is 7.77. The summed E-state index contributed by atoms with van der Waals surface area (Å²) >= 11 is 0. The Hall–Kier alpha value is -4.38. The number of pyridine rings is 1. The van der Waals surface area contributed by atoms with Gasteiger partial charge in [0.25, 0.3) is 0 Å². The van der Waals surface area contributed by atoms with E-state index in [0.717, 1.165) is 17.5 Å². The van der Waals surface area contributed by atoms with Gasteiger partial charge in [0.2, 0.25) is 7.29 Å². The molecule has 0 fully saturated rings. The van der Waals surface area contributed by atoms with Crippen LogP contribution in [0.2, 0.25) is 0 Å². The van der Waals surface area contributed by atoms with Gasteiger partial charge in [-0.3, -0.25) is 5.32 Å². The van der Waals surface area contributed by atoms with Crippen molar-refractivity contribution in [1.82, 2.24) is 4.98 Å². The predicted molar refractivity (Wildman–Crippen MR) is 143 cm³/mol. The van der Waals surface area contributed by atoms with Gasteiger partial charge in [-0.15, -0.1) is 0 Å². The van der Waals surface area contributed by atoms with E-state index in [0.29, 0.717) is 16.4 Å². The van der Waals surface area contributed by atoms with Crippen LogP contribution in [0.25, 0.3) is 10.4 Å². The molecule has 9 heteroatoms. The lowest BCUT2D eigenvalue weighted by Gasteiger charge is -2.12. The van der Waals surface area contributed by atoms with Crippen molar-refractivity contribution in [3.05, 3.63) is 131 Å². The molecule has 0 spiro atoms. The largest absolute Gasteiger partial charge is 0.444 e. The number of anilines is 1. The first-order valence-corrected chi connectivity index (χ1v) is 12.9. The van der Waals surface area contributed by atoms with Gasteiger partial charge in [-0.1, -0.05) is 104 Å². The van der Waals surface area contributed by atoms with E-state index in [1.165, 1.54) is 0 Å². The van der Waals surface area contributed by atoms with Crippen molar-refractivity contribution in [2.24, 2.45) is 4.88 Å². The van der Waals surface area contributed by atoms with Gasteiger partial charge >= 0.3 is 6.09 Å². The zero-order valence-corrected chi connectivity index (χ0v) is 20.7. The lowest BCUT2D eigenvalue weighted by Crippen LogP contribution is -2.14. The van der Waals surface area contributed by atoms with E-state index in [1.54, 1.807) is 60.8 Å². The third-order valence-corrected chi connectivity index (χ3v) is 7.38. The summed E-state index contributed by atoms with van der Waals surface area (Å²) < 4.78 is 17.9. The molecule has 0 aliphatic carbocycles. The minimum absolute atomic E-state index is 0.250. The predicted octanol–water partition coefficient (Wildman–Crippen LogP) is 6.62. The molecule has 0 saturated heterocycles. The van der Waals surface area contributed by atoms with Crippen LogP contribution in [-0.4, -0.2) is 11.1 Å².